The zero-order chi connectivity index (χ0) is 17.3. The minimum atomic E-state index is -0.930. The van der Waals surface area contributed by atoms with Gasteiger partial charge in [-0.25, -0.2) is 4.79 Å². The first-order valence-electron chi connectivity index (χ1n) is 7.52. The Labute approximate surface area is 144 Å². The van der Waals surface area contributed by atoms with Crippen molar-refractivity contribution in [1.82, 2.24) is 0 Å². The summed E-state index contributed by atoms with van der Waals surface area (Å²) in [5.74, 6) is -3.51. The van der Waals surface area contributed by atoms with Crippen LogP contribution in [0.5, 0.6) is 0 Å². The number of rotatable bonds is 5. The van der Waals surface area contributed by atoms with Crippen LogP contribution in [-0.2, 0) is 14.3 Å². The van der Waals surface area contributed by atoms with Gasteiger partial charge in [0, 0.05) is 28.3 Å². The number of halogens is 1. The molecule has 2 aromatic carbocycles. The monoisotopic (exact) mass is 342 g/mol. The van der Waals surface area contributed by atoms with Crippen molar-refractivity contribution in [3.8, 4) is 0 Å². The lowest BCUT2D eigenvalue weighted by atomic mass is 10.0. The molecule has 4 nitrogen and oxygen atoms in total. The SMILES string of the molecule is COC(=O)C(=O)[C@@H]1[C@H](C(=O)c2ccccc2)[C@H]1c1ccccc1Cl. The number of methoxy groups -OCH3 is 1. The van der Waals surface area contributed by atoms with Gasteiger partial charge in [-0.15, -0.1) is 0 Å². The molecule has 5 heteroatoms. The fourth-order valence-corrected chi connectivity index (χ4v) is 3.39. The predicted molar refractivity (Wildman–Crippen MR) is 89.0 cm³/mol. The number of hydrogen-bond acceptors (Lipinski definition) is 4. The van der Waals surface area contributed by atoms with Crippen molar-refractivity contribution in [3.63, 3.8) is 0 Å². The topological polar surface area (TPSA) is 60.4 Å². The molecule has 0 aliphatic heterocycles. The average molecular weight is 343 g/mol. The number of Topliss-reactive ketones (excluding diaryl/α,β-unsaturated/α-hetero) is 2. The third kappa shape index (κ3) is 2.85. The van der Waals surface area contributed by atoms with Crippen LogP contribution in [0.15, 0.2) is 54.6 Å². The molecule has 0 radical (unpaired) electrons. The molecule has 2 aromatic rings. The molecule has 0 saturated heterocycles. The van der Waals surface area contributed by atoms with Gasteiger partial charge in [0.2, 0.25) is 5.78 Å². The standard InChI is InChI=1S/C19H15ClO4/c1-24-19(23)18(22)16-14(12-9-5-6-10-13(12)20)15(16)17(21)11-7-3-2-4-8-11/h2-10,14-16H,1H3/t14-,15-,16+/m1/s1. The van der Waals surface area contributed by atoms with Crippen LogP contribution in [0.1, 0.15) is 21.8 Å². The molecule has 0 unspecified atom stereocenters. The fraction of sp³-hybridized carbons (Fsp3) is 0.211. The molecule has 0 N–H and O–H groups in total. The first-order chi connectivity index (χ1) is 11.6. The fourth-order valence-electron chi connectivity index (χ4n) is 3.13. The van der Waals surface area contributed by atoms with Crippen molar-refractivity contribution in [1.29, 1.82) is 0 Å². The van der Waals surface area contributed by atoms with Crippen LogP contribution in [-0.4, -0.2) is 24.6 Å². The van der Waals surface area contributed by atoms with Crippen molar-refractivity contribution in [2.24, 2.45) is 11.8 Å². The van der Waals surface area contributed by atoms with Crippen molar-refractivity contribution in [2.75, 3.05) is 7.11 Å². The Kier molecular flexibility index (Phi) is 4.49. The van der Waals surface area contributed by atoms with E-state index in [0.717, 1.165) is 7.11 Å². The highest BCUT2D eigenvalue weighted by Gasteiger charge is 2.61. The molecular formula is C19H15ClO4. The van der Waals surface area contributed by atoms with Gasteiger partial charge in [-0.1, -0.05) is 60.1 Å². The third-order valence-electron chi connectivity index (χ3n) is 4.33. The first-order valence-corrected chi connectivity index (χ1v) is 7.90. The number of carbonyl (C=O) groups excluding carboxylic acids is 3. The minimum Gasteiger partial charge on any atom is -0.463 e. The van der Waals surface area contributed by atoms with Crippen LogP contribution in [0.25, 0.3) is 0 Å². The Morgan fingerprint density at radius 2 is 1.54 bits per heavy atom. The maximum absolute atomic E-state index is 12.8. The van der Waals surface area contributed by atoms with E-state index < -0.39 is 29.5 Å². The molecule has 3 atom stereocenters. The van der Waals surface area contributed by atoms with E-state index in [9.17, 15) is 14.4 Å². The van der Waals surface area contributed by atoms with Crippen LogP contribution in [0.4, 0.5) is 0 Å². The molecule has 1 saturated carbocycles. The average Bonchev–Trinajstić information content (AvgIpc) is 3.36. The molecule has 1 aliphatic carbocycles. The Balaban J connectivity index is 1.96. The summed E-state index contributed by atoms with van der Waals surface area (Å²) in [7, 11) is 1.15. The van der Waals surface area contributed by atoms with E-state index >= 15 is 0 Å². The molecule has 1 aliphatic rings. The summed E-state index contributed by atoms with van der Waals surface area (Å²) in [4.78, 5) is 36.7. The maximum atomic E-state index is 12.8. The van der Waals surface area contributed by atoms with E-state index in [1.807, 2.05) is 6.07 Å². The van der Waals surface area contributed by atoms with Crippen LogP contribution >= 0.6 is 11.6 Å². The zero-order valence-corrected chi connectivity index (χ0v) is 13.7. The molecule has 3 rings (SSSR count). The van der Waals surface area contributed by atoms with E-state index in [0.29, 0.717) is 16.1 Å². The number of hydrogen-bond donors (Lipinski definition) is 0. The Hall–Kier alpha value is -2.46. The van der Waals surface area contributed by atoms with Gasteiger partial charge in [0.15, 0.2) is 5.78 Å². The molecule has 0 spiro atoms. The van der Waals surface area contributed by atoms with E-state index in [1.54, 1.807) is 48.5 Å². The normalized spacial score (nSPS) is 21.8. The third-order valence-corrected chi connectivity index (χ3v) is 4.68. The highest BCUT2D eigenvalue weighted by Crippen LogP contribution is 2.57. The molecule has 122 valence electrons. The molecular weight excluding hydrogens is 328 g/mol. The Morgan fingerprint density at radius 3 is 2.17 bits per heavy atom. The van der Waals surface area contributed by atoms with Gasteiger partial charge in [-0.2, -0.15) is 0 Å². The number of benzene rings is 2. The van der Waals surface area contributed by atoms with Gasteiger partial charge in [-0.3, -0.25) is 9.59 Å². The van der Waals surface area contributed by atoms with Gasteiger partial charge in [0.05, 0.1) is 7.11 Å². The number of ether oxygens (including phenoxy) is 1. The largest absolute Gasteiger partial charge is 0.463 e. The van der Waals surface area contributed by atoms with Crippen molar-refractivity contribution < 1.29 is 19.1 Å². The van der Waals surface area contributed by atoms with Gasteiger partial charge in [0.25, 0.3) is 0 Å². The van der Waals surface area contributed by atoms with E-state index in [-0.39, 0.29) is 5.78 Å². The number of carbonyl (C=O) groups is 3. The van der Waals surface area contributed by atoms with Crippen molar-refractivity contribution in [2.45, 2.75) is 5.92 Å². The lowest BCUT2D eigenvalue weighted by Gasteiger charge is -2.03. The second-order valence-corrected chi connectivity index (χ2v) is 6.09. The summed E-state index contributed by atoms with van der Waals surface area (Å²) >= 11 is 6.22. The molecule has 0 aromatic heterocycles. The summed E-state index contributed by atoms with van der Waals surface area (Å²) in [5.41, 5.74) is 1.22. The van der Waals surface area contributed by atoms with E-state index in [1.165, 1.54) is 0 Å². The highest BCUT2D eigenvalue weighted by atomic mass is 35.5. The predicted octanol–water partition coefficient (Wildman–Crippen LogP) is 3.29. The highest BCUT2D eigenvalue weighted by molar-refractivity contribution is 6.37. The van der Waals surface area contributed by atoms with Gasteiger partial charge >= 0.3 is 5.97 Å². The molecule has 0 bridgehead atoms. The summed E-state index contributed by atoms with van der Waals surface area (Å²) in [6, 6.07) is 15.8. The van der Waals surface area contributed by atoms with Crippen LogP contribution in [0.3, 0.4) is 0 Å². The van der Waals surface area contributed by atoms with Crippen molar-refractivity contribution >= 4 is 29.1 Å². The molecule has 24 heavy (non-hydrogen) atoms. The molecule has 0 amide bonds. The Bertz CT molecular complexity index is 800. The lowest BCUT2D eigenvalue weighted by Crippen LogP contribution is -2.20. The Morgan fingerprint density at radius 1 is 0.917 bits per heavy atom. The molecule has 1 fully saturated rings. The lowest BCUT2D eigenvalue weighted by molar-refractivity contribution is -0.152. The molecule has 0 heterocycles. The second-order valence-electron chi connectivity index (χ2n) is 5.68. The summed E-state index contributed by atoms with van der Waals surface area (Å²) in [6.45, 7) is 0. The van der Waals surface area contributed by atoms with Gasteiger partial charge in [-0.05, 0) is 11.6 Å². The quantitative estimate of drug-likeness (QED) is 0.475. The van der Waals surface area contributed by atoms with Crippen LogP contribution in [0.2, 0.25) is 5.02 Å². The van der Waals surface area contributed by atoms with Crippen LogP contribution in [0, 0.1) is 11.8 Å². The summed E-state index contributed by atoms with van der Waals surface area (Å²) in [5, 5.41) is 0.480. The van der Waals surface area contributed by atoms with E-state index in [2.05, 4.69) is 4.74 Å². The minimum absolute atomic E-state index is 0.164. The van der Waals surface area contributed by atoms with Crippen molar-refractivity contribution in [3.05, 3.63) is 70.7 Å². The smallest absolute Gasteiger partial charge is 0.374 e. The second kappa shape index (κ2) is 6.57. The van der Waals surface area contributed by atoms with Crippen LogP contribution < -0.4 is 0 Å². The zero-order valence-electron chi connectivity index (χ0n) is 12.9. The summed E-state index contributed by atoms with van der Waals surface area (Å²) in [6.07, 6.45) is 0. The summed E-state index contributed by atoms with van der Waals surface area (Å²) < 4.78 is 4.53. The van der Waals surface area contributed by atoms with Gasteiger partial charge in [0.1, 0.15) is 0 Å². The first kappa shape index (κ1) is 16.4. The van der Waals surface area contributed by atoms with E-state index in [4.69, 9.17) is 11.6 Å². The maximum Gasteiger partial charge on any atom is 0.374 e. The number of ketones is 2. The number of esters is 1. The van der Waals surface area contributed by atoms with Gasteiger partial charge < -0.3 is 4.74 Å².